The van der Waals surface area contributed by atoms with E-state index in [9.17, 15) is 0 Å². The molecule has 0 aromatic carbocycles. The monoisotopic (exact) mass is 246 g/mol. The van der Waals surface area contributed by atoms with Gasteiger partial charge in [-0.3, -0.25) is 0 Å². The van der Waals surface area contributed by atoms with Crippen molar-refractivity contribution in [1.29, 1.82) is 0 Å². The van der Waals surface area contributed by atoms with Crippen LogP contribution in [0.3, 0.4) is 0 Å². The summed E-state index contributed by atoms with van der Waals surface area (Å²) in [5, 5.41) is 8.90. The van der Waals surface area contributed by atoms with E-state index in [0.717, 1.165) is 38.5 Å². The zero-order chi connectivity index (χ0) is 12.2. The Morgan fingerprint density at radius 2 is 1.65 bits per heavy atom. The average Bonchev–Trinajstić information content (AvgIpc) is 2.44. The molecule has 1 unspecified atom stereocenters. The van der Waals surface area contributed by atoms with Gasteiger partial charge in [-0.05, 0) is 32.6 Å². The highest BCUT2D eigenvalue weighted by atomic mass is 17.3. The summed E-state index contributed by atoms with van der Waals surface area (Å²) < 4.78 is 5.84. The van der Waals surface area contributed by atoms with Crippen LogP contribution in [0.2, 0.25) is 0 Å². The minimum Gasteiger partial charge on any atom is -0.347 e. The first-order valence-corrected chi connectivity index (χ1v) is 6.52. The molecule has 1 aliphatic carbocycles. The van der Waals surface area contributed by atoms with E-state index in [2.05, 4.69) is 4.89 Å². The third-order valence-electron chi connectivity index (χ3n) is 3.57. The summed E-state index contributed by atoms with van der Waals surface area (Å²) in [6.07, 6.45) is 7.44. The molecule has 1 spiro atoms. The lowest BCUT2D eigenvalue weighted by Gasteiger charge is -2.36. The van der Waals surface area contributed by atoms with Gasteiger partial charge in [0.05, 0.1) is 6.61 Å². The molecule has 1 heterocycles. The predicted molar refractivity (Wildman–Crippen MR) is 59.9 cm³/mol. The molecule has 1 saturated carbocycles. The second-order valence-electron chi connectivity index (χ2n) is 5.17. The van der Waals surface area contributed by atoms with Crippen LogP contribution in [0.4, 0.5) is 0 Å². The third-order valence-corrected chi connectivity index (χ3v) is 3.57. The van der Waals surface area contributed by atoms with Crippen molar-refractivity contribution in [3.63, 3.8) is 0 Å². The Balaban J connectivity index is 2.02. The zero-order valence-corrected chi connectivity index (χ0v) is 10.4. The van der Waals surface area contributed by atoms with Gasteiger partial charge in [0.15, 0.2) is 0 Å². The van der Waals surface area contributed by atoms with Crippen molar-refractivity contribution in [2.75, 3.05) is 6.61 Å². The number of hydrogen-bond acceptors (Lipinski definition) is 5. The number of rotatable bonds is 1. The van der Waals surface area contributed by atoms with Gasteiger partial charge < -0.3 is 4.74 Å². The third kappa shape index (κ3) is 3.39. The molecule has 2 fully saturated rings. The van der Waals surface area contributed by atoms with Crippen LogP contribution in [-0.2, 0) is 19.4 Å². The van der Waals surface area contributed by atoms with Crippen LogP contribution in [0.1, 0.15) is 58.3 Å². The lowest BCUT2D eigenvalue weighted by molar-refractivity contribution is -0.542. The Bertz CT molecular complexity index is 239. The minimum atomic E-state index is -1.09. The molecule has 1 atom stereocenters. The van der Waals surface area contributed by atoms with Crippen molar-refractivity contribution < 1.29 is 24.7 Å². The summed E-state index contributed by atoms with van der Waals surface area (Å²) >= 11 is 0. The summed E-state index contributed by atoms with van der Waals surface area (Å²) in [5.74, 6) is -1.72. The van der Waals surface area contributed by atoms with Crippen molar-refractivity contribution in [1.82, 2.24) is 0 Å². The molecule has 0 aromatic rings. The number of ether oxygens (including phenoxy) is 1. The molecular weight excluding hydrogens is 224 g/mol. The van der Waals surface area contributed by atoms with Crippen LogP contribution in [0.15, 0.2) is 0 Å². The van der Waals surface area contributed by atoms with Gasteiger partial charge in [0, 0.05) is 19.3 Å². The van der Waals surface area contributed by atoms with Gasteiger partial charge in [0.2, 0.25) is 11.6 Å². The Labute approximate surface area is 102 Å². The van der Waals surface area contributed by atoms with Crippen molar-refractivity contribution in [3.05, 3.63) is 0 Å². The SMILES string of the molecule is CC1(OO)CCCCOC2(CCCCC2)OO1. The van der Waals surface area contributed by atoms with Gasteiger partial charge in [-0.1, -0.05) is 6.42 Å². The minimum absolute atomic E-state index is 0.586. The van der Waals surface area contributed by atoms with Gasteiger partial charge in [-0.2, -0.15) is 9.78 Å². The Kier molecular flexibility index (Phi) is 4.38. The summed E-state index contributed by atoms with van der Waals surface area (Å²) in [5.41, 5.74) is 0. The van der Waals surface area contributed by atoms with E-state index in [-0.39, 0.29) is 0 Å². The fourth-order valence-corrected chi connectivity index (χ4v) is 2.42. The molecule has 0 radical (unpaired) electrons. The van der Waals surface area contributed by atoms with Gasteiger partial charge in [0.25, 0.3) is 0 Å². The topological polar surface area (TPSA) is 57.2 Å². The molecule has 0 bridgehead atoms. The molecule has 5 heteroatoms. The first kappa shape index (κ1) is 13.2. The van der Waals surface area contributed by atoms with Crippen LogP contribution >= 0.6 is 0 Å². The largest absolute Gasteiger partial charge is 0.347 e. The van der Waals surface area contributed by atoms with Crippen molar-refractivity contribution in [3.8, 4) is 0 Å². The van der Waals surface area contributed by atoms with Crippen LogP contribution in [-0.4, -0.2) is 23.4 Å². The van der Waals surface area contributed by atoms with E-state index in [1.807, 2.05) is 0 Å². The summed E-state index contributed by atoms with van der Waals surface area (Å²) in [4.78, 5) is 15.2. The lowest BCUT2D eigenvalue weighted by atomic mass is 9.94. The van der Waals surface area contributed by atoms with Crippen molar-refractivity contribution in [2.24, 2.45) is 0 Å². The average molecular weight is 246 g/mol. The molecule has 2 rings (SSSR count). The molecule has 1 N–H and O–H groups in total. The van der Waals surface area contributed by atoms with Gasteiger partial charge in [-0.25, -0.2) is 10.1 Å². The van der Waals surface area contributed by atoms with Crippen LogP contribution < -0.4 is 0 Å². The maximum Gasteiger partial charge on any atom is 0.231 e. The first-order chi connectivity index (χ1) is 8.18. The fourth-order valence-electron chi connectivity index (χ4n) is 2.42. The Morgan fingerprint density at radius 1 is 0.941 bits per heavy atom. The molecule has 17 heavy (non-hydrogen) atoms. The second kappa shape index (κ2) is 5.63. The first-order valence-electron chi connectivity index (χ1n) is 6.52. The van der Waals surface area contributed by atoms with E-state index < -0.39 is 11.6 Å². The zero-order valence-electron chi connectivity index (χ0n) is 10.4. The van der Waals surface area contributed by atoms with Gasteiger partial charge in [0.1, 0.15) is 0 Å². The summed E-state index contributed by atoms with van der Waals surface area (Å²) in [7, 11) is 0. The fraction of sp³-hybridized carbons (Fsp3) is 1.00. The van der Waals surface area contributed by atoms with Crippen LogP contribution in [0, 0.1) is 0 Å². The van der Waals surface area contributed by atoms with Crippen molar-refractivity contribution >= 4 is 0 Å². The van der Waals surface area contributed by atoms with Crippen LogP contribution in [0.25, 0.3) is 0 Å². The maximum atomic E-state index is 8.90. The molecular formula is C12H22O5. The van der Waals surface area contributed by atoms with E-state index in [1.54, 1.807) is 6.92 Å². The molecule has 1 aliphatic heterocycles. The smallest absolute Gasteiger partial charge is 0.231 e. The number of hydrogen-bond donors (Lipinski definition) is 1. The van der Waals surface area contributed by atoms with E-state index >= 15 is 0 Å². The molecule has 5 nitrogen and oxygen atoms in total. The second-order valence-corrected chi connectivity index (χ2v) is 5.17. The standard InChI is InChI=1S/C12H22O5/c1-11(15-13)7-5-6-10-14-12(17-16-11)8-3-2-4-9-12/h13H,2-10H2,1H3. The normalized spacial score (nSPS) is 34.9. The molecule has 1 saturated heterocycles. The molecule has 100 valence electrons. The van der Waals surface area contributed by atoms with E-state index in [4.69, 9.17) is 19.8 Å². The van der Waals surface area contributed by atoms with Gasteiger partial charge >= 0.3 is 0 Å². The highest BCUT2D eigenvalue weighted by Gasteiger charge is 2.40. The quantitative estimate of drug-likeness (QED) is 0.569. The highest BCUT2D eigenvalue weighted by Crippen LogP contribution is 2.36. The summed E-state index contributed by atoms with van der Waals surface area (Å²) in [6.45, 7) is 2.35. The molecule has 2 aliphatic rings. The summed E-state index contributed by atoms with van der Waals surface area (Å²) in [6, 6.07) is 0. The van der Waals surface area contributed by atoms with E-state index in [0.29, 0.717) is 13.0 Å². The molecule has 0 amide bonds. The van der Waals surface area contributed by atoms with Gasteiger partial charge in [-0.15, -0.1) is 0 Å². The van der Waals surface area contributed by atoms with Crippen LogP contribution in [0.5, 0.6) is 0 Å². The highest BCUT2D eigenvalue weighted by molar-refractivity contribution is 4.75. The van der Waals surface area contributed by atoms with E-state index in [1.165, 1.54) is 6.42 Å². The van der Waals surface area contributed by atoms with Crippen molar-refractivity contribution in [2.45, 2.75) is 69.9 Å². The Morgan fingerprint density at radius 3 is 2.35 bits per heavy atom. The molecule has 0 aromatic heterocycles. The lowest BCUT2D eigenvalue weighted by Crippen LogP contribution is -2.42. The maximum absolute atomic E-state index is 8.90. The predicted octanol–water partition coefficient (Wildman–Crippen LogP) is 3.00. The Hall–Kier alpha value is -0.200.